The number of carbonyl (C=O) groups excluding carboxylic acids is 2. The molecule has 1 aromatic carbocycles. The van der Waals surface area contributed by atoms with E-state index in [0.717, 1.165) is 50.0 Å². The van der Waals surface area contributed by atoms with Crippen LogP contribution in [0.4, 0.5) is 15.9 Å². The van der Waals surface area contributed by atoms with E-state index in [1.54, 1.807) is 37.2 Å². The number of rotatable bonds is 11. The minimum Gasteiger partial charge on any atom is -0.343 e. The summed E-state index contributed by atoms with van der Waals surface area (Å²) in [4.78, 5) is 34.6. The van der Waals surface area contributed by atoms with Crippen molar-refractivity contribution in [2.24, 2.45) is 5.92 Å². The maximum absolute atomic E-state index is 15.0. The van der Waals surface area contributed by atoms with Gasteiger partial charge in [-0.2, -0.15) is 0 Å². The third-order valence-electron chi connectivity index (χ3n) is 7.09. The van der Waals surface area contributed by atoms with Gasteiger partial charge in [-0.3, -0.25) is 9.59 Å². The highest BCUT2D eigenvalue weighted by molar-refractivity contribution is 5.90. The third-order valence-corrected chi connectivity index (χ3v) is 7.09. The zero-order chi connectivity index (χ0) is 26.1. The fourth-order valence-electron chi connectivity index (χ4n) is 4.77. The Morgan fingerprint density at radius 1 is 1.17 bits per heavy atom. The minimum atomic E-state index is -0.609. The van der Waals surface area contributed by atoms with E-state index < -0.39 is 12.1 Å². The van der Waals surface area contributed by atoms with Crippen molar-refractivity contribution in [2.45, 2.75) is 71.0 Å². The van der Waals surface area contributed by atoms with Crippen molar-refractivity contribution in [1.29, 1.82) is 0 Å². The fraction of sp³-hybridized carbons (Fsp3) is 0.536. The van der Waals surface area contributed by atoms with E-state index in [9.17, 15) is 14.0 Å². The van der Waals surface area contributed by atoms with Gasteiger partial charge in [0.1, 0.15) is 17.7 Å². The van der Waals surface area contributed by atoms with Gasteiger partial charge in [-0.15, -0.1) is 0 Å². The second-order valence-electron chi connectivity index (χ2n) is 9.68. The van der Waals surface area contributed by atoms with E-state index in [1.807, 2.05) is 37.1 Å². The molecule has 0 aliphatic heterocycles. The van der Waals surface area contributed by atoms with Crippen LogP contribution < -0.4 is 15.5 Å². The zero-order valence-corrected chi connectivity index (χ0v) is 22.0. The first kappa shape index (κ1) is 27.6. The summed E-state index contributed by atoms with van der Waals surface area (Å²) in [7, 11) is 3.61. The number of hydrogen-bond donors (Lipinski definition) is 2. The molecule has 1 aromatic heterocycles. The maximum Gasteiger partial charge on any atom is 0.245 e. The molecule has 2 amide bonds. The molecular weight excluding hydrogens is 457 g/mol. The molecule has 196 valence electrons. The Balaban J connectivity index is 1.86. The van der Waals surface area contributed by atoms with Gasteiger partial charge in [-0.1, -0.05) is 32.3 Å². The summed E-state index contributed by atoms with van der Waals surface area (Å²) in [5, 5.41) is 5.97. The van der Waals surface area contributed by atoms with Gasteiger partial charge in [0, 0.05) is 37.6 Å². The van der Waals surface area contributed by atoms with Crippen LogP contribution in [0.1, 0.15) is 57.9 Å². The lowest BCUT2D eigenvalue weighted by atomic mass is 9.83. The predicted octanol–water partition coefficient (Wildman–Crippen LogP) is 4.40. The molecule has 2 N–H and O–H groups in total. The van der Waals surface area contributed by atoms with Crippen molar-refractivity contribution in [3.63, 3.8) is 0 Å². The largest absolute Gasteiger partial charge is 0.343 e. The van der Waals surface area contributed by atoms with E-state index in [1.165, 1.54) is 6.07 Å². The molecule has 7 nitrogen and oxygen atoms in total. The average Bonchev–Trinajstić information content (AvgIpc) is 2.92. The monoisotopic (exact) mass is 497 g/mol. The quantitative estimate of drug-likeness (QED) is 0.481. The van der Waals surface area contributed by atoms with E-state index in [2.05, 4.69) is 15.6 Å². The highest BCUT2D eigenvalue weighted by Crippen LogP contribution is 2.29. The molecule has 2 atom stereocenters. The number of nitrogens with zero attached hydrogens (tertiary/aromatic N) is 3. The molecular formula is C28H40FN5O2. The first-order valence-electron chi connectivity index (χ1n) is 13.0. The number of anilines is 2. The summed E-state index contributed by atoms with van der Waals surface area (Å²) in [5.74, 6) is 0.149. The van der Waals surface area contributed by atoms with Crippen LogP contribution in [0.3, 0.4) is 0 Å². The SMILES string of the molecule is CCCN(Cc1cc(N(C)c2ccccn2)ccc1F)C(=O)[C@@H](NC(=O)[C@H](C)NC)C1CCCCC1. The summed E-state index contributed by atoms with van der Waals surface area (Å²) in [6.07, 6.45) is 7.52. The lowest BCUT2D eigenvalue weighted by Gasteiger charge is -2.35. The second kappa shape index (κ2) is 13.3. The van der Waals surface area contributed by atoms with Crippen molar-refractivity contribution >= 4 is 23.3 Å². The number of hydrogen-bond acceptors (Lipinski definition) is 5. The van der Waals surface area contributed by atoms with Gasteiger partial charge in [0.25, 0.3) is 0 Å². The molecule has 1 aliphatic carbocycles. The van der Waals surface area contributed by atoms with Gasteiger partial charge >= 0.3 is 0 Å². The van der Waals surface area contributed by atoms with Crippen LogP contribution in [0, 0.1) is 11.7 Å². The number of aromatic nitrogens is 1. The van der Waals surface area contributed by atoms with Gasteiger partial charge in [0.05, 0.1) is 6.04 Å². The number of carbonyl (C=O) groups is 2. The number of amides is 2. The Bertz CT molecular complexity index is 997. The van der Waals surface area contributed by atoms with Crippen molar-refractivity contribution in [1.82, 2.24) is 20.5 Å². The van der Waals surface area contributed by atoms with E-state index in [0.29, 0.717) is 12.1 Å². The van der Waals surface area contributed by atoms with E-state index >= 15 is 0 Å². The van der Waals surface area contributed by atoms with Crippen molar-refractivity contribution in [2.75, 3.05) is 25.5 Å². The summed E-state index contributed by atoms with van der Waals surface area (Å²) in [6.45, 7) is 4.40. The van der Waals surface area contributed by atoms with Crippen LogP contribution in [0.15, 0.2) is 42.6 Å². The lowest BCUT2D eigenvalue weighted by Crippen LogP contribution is -2.55. The molecule has 1 aliphatic rings. The van der Waals surface area contributed by atoms with Crippen LogP contribution in [-0.4, -0.2) is 54.4 Å². The summed E-state index contributed by atoms with van der Waals surface area (Å²) >= 11 is 0. The van der Waals surface area contributed by atoms with Gasteiger partial charge in [0.15, 0.2) is 0 Å². The molecule has 0 saturated heterocycles. The van der Waals surface area contributed by atoms with Crippen LogP contribution in [0.5, 0.6) is 0 Å². The van der Waals surface area contributed by atoms with Crippen LogP contribution in [-0.2, 0) is 16.1 Å². The van der Waals surface area contributed by atoms with Crippen LogP contribution >= 0.6 is 0 Å². The highest BCUT2D eigenvalue weighted by Gasteiger charge is 2.34. The molecule has 3 rings (SSSR count). The van der Waals surface area contributed by atoms with Crippen molar-refractivity contribution < 1.29 is 14.0 Å². The van der Waals surface area contributed by atoms with Crippen molar-refractivity contribution in [3.05, 3.63) is 54.0 Å². The molecule has 0 radical (unpaired) electrons. The molecule has 1 heterocycles. The number of nitrogens with one attached hydrogen (secondary N) is 2. The zero-order valence-electron chi connectivity index (χ0n) is 22.0. The van der Waals surface area contributed by atoms with Gasteiger partial charge < -0.3 is 20.4 Å². The third kappa shape index (κ3) is 7.03. The lowest BCUT2D eigenvalue weighted by molar-refractivity contribution is -0.139. The highest BCUT2D eigenvalue weighted by atomic mass is 19.1. The topological polar surface area (TPSA) is 77.6 Å². The standard InChI is InChI=1S/C28H40FN5O2/c1-5-17-34(28(36)26(21-11-7-6-8-12-21)32-27(35)20(2)30-3)19-22-18-23(14-15-24(22)29)33(4)25-13-9-10-16-31-25/h9-10,13-16,18,20-21,26,30H,5-8,11-12,17,19H2,1-4H3,(H,32,35)/t20-,26-/m0/s1. The van der Waals surface area contributed by atoms with Gasteiger partial charge in [-0.05, 0) is 69.5 Å². The molecule has 1 fully saturated rings. The van der Waals surface area contributed by atoms with Gasteiger partial charge in [0.2, 0.25) is 11.8 Å². The fourth-order valence-corrected chi connectivity index (χ4v) is 4.77. The maximum atomic E-state index is 15.0. The number of halogens is 1. The molecule has 0 spiro atoms. The molecule has 0 bridgehead atoms. The first-order chi connectivity index (χ1) is 17.3. The second-order valence-corrected chi connectivity index (χ2v) is 9.68. The molecule has 0 unspecified atom stereocenters. The normalized spacial score (nSPS) is 15.7. The van der Waals surface area contributed by atoms with Crippen molar-refractivity contribution in [3.8, 4) is 0 Å². The average molecular weight is 498 g/mol. The molecule has 2 aromatic rings. The van der Waals surface area contributed by atoms with E-state index in [-0.39, 0.29) is 30.1 Å². The Morgan fingerprint density at radius 3 is 2.56 bits per heavy atom. The first-order valence-corrected chi connectivity index (χ1v) is 13.0. The number of likely N-dealkylation sites (N-methyl/N-ethyl adjacent to an activating group) is 1. The van der Waals surface area contributed by atoms with E-state index in [4.69, 9.17) is 0 Å². The Labute approximate surface area is 214 Å². The summed E-state index contributed by atoms with van der Waals surface area (Å²) in [5.41, 5.74) is 1.23. The smallest absolute Gasteiger partial charge is 0.245 e. The summed E-state index contributed by atoms with van der Waals surface area (Å²) < 4.78 is 15.0. The molecule has 1 saturated carbocycles. The van der Waals surface area contributed by atoms with Crippen LogP contribution in [0.2, 0.25) is 0 Å². The minimum absolute atomic E-state index is 0.0880. The van der Waals surface area contributed by atoms with Gasteiger partial charge in [-0.25, -0.2) is 9.37 Å². The Morgan fingerprint density at radius 2 is 1.92 bits per heavy atom. The summed E-state index contributed by atoms with van der Waals surface area (Å²) in [6, 6.07) is 9.55. The van der Waals surface area contributed by atoms with Crippen LogP contribution in [0.25, 0.3) is 0 Å². The Hall–Kier alpha value is -3.00. The number of pyridine rings is 1. The Kier molecular flexibility index (Phi) is 10.2. The predicted molar refractivity (Wildman–Crippen MR) is 141 cm³/mol. The molecule has 36 heavy (non-hydrogen) atoms. The number of benzene rings is 1. The molecule has 8 heteroatoms.